The highest BCUT2D eigenvalue weighted by atomic mass is 16.6. The molecule has 0 saturated heterocycles. The first kappa shape index (κ1) is 13.5. The lowest BCUT2D eigenvalue weighted by atomic mass is 9.72. The summed E-state index contributed by atoms with van der Waals surface area (Å²) in [4.78, 5) is 23.3. The summed E-state index contributed by atoms with van der Waals surface area (Å²) in [5, 5.41) is 0. The van der Waals surface area contributed by atoms with Gasteiger partial charge in [-0.3, -0.25) is 9.59 Å². The van der Waals surface area contributed by atoms with Crippen LogP contribution in [0.2, 0.25) is 0 Å². The number of carbonyl (C=O) groups is 2. The number of hydrogen-bond acceptors (Lipinski definition) is 4. The lowest BCUT2D eigenvalue weighted by Crippen LogP contribution is -2.54. The molecule has 0 aromatic heterocycles. The highest BCUT2D eigenvalue weighted by Crippen LogP contribution is 2.43. The Balaban J connectivity index is 3.27. The molecule has 0 aliphatic heterocycles. The predicted molar refractivity (Wildman–Crippen MR) is 63.2 cm³/mol. The zero-order valence-electron chi connectivity index (χ0n) is 10.9. The van der Waals surface area contributed by atoms with Crippen molar-refractivity contribution in [3.8, 4) is 0 Å². The Morgan fingerprint density at radius 1 is 1.41 bits per heavy atom. The predicted octanol–water partition coefficient (Wildman–Crippen LogP) is 2.00. The fourth-order valence-corrected chi connectivity index (χ4v) is 2.07. The number of esters is 1. The summed E-state index contributed by atoms with van der Waals surface area (Å²) in [6, 6.07) is 0. The molecule has 0 radical (unpaired) electrons. The van der Waals surface area contributed by atoms with Crippen LogP contribution in [0.3, 0.4) is 0 Å². The Labute approximate surface area is 101 Å². The van der Waals surface area contributed by atoms with E-state index in [0.29, 0.717) is 11.3 Å². The maximum absolute atomic E-state index is 12.2. The van der Waals surface area contributed by atoms with E-state index in [1.165, 1.54) is 14.0 Å². The molecule has 17 heavy (non-hydrogen) atoms. The van der Waals surface area contributed by atoms with Gasteiger partial charge in [-0.25, -0.2) is 0 Å². The molecule has 1 aliphatic carbocycles. The topological polar surface area (TPSA) is 52.6 Å². The number of rotatable bonds is 4. The fourth-order valence-electron chi connectivity index (χ4n) is 2.07. The molecule has 4 heteroatoms. The summed E-state index contributed by atoms with van der Waals surface area (Å²) in [5.74, 6) is -0.219. The Hall–Kier alpha value is -1.58. The molecular weight excluding hydrogens is 220 g/mol. The van der Waals surface area contributed by atoms with Crippen LogP contribution in [0.4, 0.5) is 0 Å². The van der Waals surface area contributed by atoms with Crippen molar-refractivity contribution >= 4 is 11.8 Å². The summed E-state index contributed by atoms with van der Waals surface area (Å²) in [6.07, 6.45) is 3.23. The molecule has 0 aromatic carbocycles. The van der Waals surface area contributed by atoms with E-state index >= 15 is 0 Å². The number of hydrogen-bond donors (Lipinski definition) is 0. The highest BCUT2D eigenvalue weighted by molar-refractivity contribution is 6.14. The van der Waals surface area contributed by atoms with Gasteiger partial charge in [0.15, 0.2) is 5.76 Å². The largest absolute Gasteiger partial charge is 0.496 e. The molecule has 94 valence electrons. The maximum atomic E-state index is 12.2. The van der Waals surface area contributed by atoms with Gasteiger partial charge in [0.25, 0.3) is 0 Å². The molecule has 0 N–H and O–H groups in total. The van der Waals surface area contributed by atoms with Gasteiger partial charge >= 0.3 is 5.97 Å². The Morgan fingerprint density at radius 3 is 2.35 bits per heavy atom. The number of allylic oxidation sites excluding steroid dienone is 1. The molecular formula is C13H18O4. The zero-order valence-corrected chi connectivity index (χ0v) is 10.9. The van der Waals surface area contributed by atoms with Crippen LogP contribution in [-0.4, -0.2) is 24.5 Å². The lowest BCUT2D eigenvalue weighted by Gasteiger charge is -2.40. The number of Topliss-reactive ketones (excluding diaryl/α,β-unsaturated/α-hetero) is 1. The zero-order chi connectivity index (χ0) is 13.2. The molecule has 0 aromatic rings. The summed E-state index contributed by atoms with van der Waals surface area (Å²) < 4.78 is 10.4. The number of ketones is 1. The fraction of sp³-hybridized carbons (Fsp3) is 0.538. The lowest BCUT2D eigenvalue weighted by molar-refractivity contribution is -0.162. The molecule has 0 amide bonds. The Kier molecular flexibility index (Phi) is 3.76. The quantitative estimate of drug-likeness (QED) is 0.555. The number of methoxy groups -OCH3 is 1. The van der Waals surface area contributed by atoms with Crippen LogP contribution < -0.4 is 0 Å². The number of carbonyl (C=O) groups excluding carboxylic acids is 2. The second-order valence-electron chi connectivity index (χ2n) is 4.26. The molecule has 0 spiro atoms. The molecule has 4 nitrogen and oxygen atoms in total. The van der Waals surface area contributed by atoms with Crippen molar-refractivity contribution in [3.05, 3.63) is 23.5 Å². The van der Waals surface area contributed by atoms with E-state index in [1.807, 2.05) is 13.8 Å². The maximum Gasteiger partial charge on any atom is 0.304 e. The van der Waals surface area contributed by atoms with E-state index in [4.69, 9.17) is 9.47 Å². The average molecular weight is 238 g/mol. The van der Waals surface area contributed by atoms with E-state index in [2.05, 4.69) is 0 Å². The SMILES string of the molecule is C/C=C\C1(OC(C)=O)C(=O)C(C(C)C)=C1OC. The van der Waals surface area contributed by atoms with Crippen molar-refractivity contribution in [1.82, 2.24) is 0 Å². The minimum absolute atomic E-state index is 0.0476. The smallest absolute Gasteiger partial charge is 0.304 e. The van der Waals surface area contributed by atoms with E-state index < -0.39 is 11.6 Å². The van der Waals surface area contributed by atoms with Crippen LogP contribution in [-0.2, 0) is 19.1 Å². The van der Waals surface area contributed by atoms with Crippen molar-refractivity contribution < 1.29 is 19.1 Å². The summed E-state index contributed by atoms with van der Waals surface area (Å²) in [6.45, 7) is 6.84. The standard InChI is InChI=1S/C13H18O4/c1-6-7-13(17-9(4)14)11(15)10(8(2)3)12(13)16-5/h6-8H,1-5H3/b7-6-. The van der Waals surface area contributed by atoms with Crippen LogP contribution in [0.1, 0.15) is 27.7 Å². The van der Waals surface area contributed by atoms with Gasteiger partial charge in [-0.05, 0) is 18.9 Å². The molecule has 1 atom stereocenters. The average Bonchev–Trinajstić information content (AvgIpc) is 2.22. The van der Waals surface area contributed by atoms with Gasteiger partial charge in [-0.1, -0.05) is 19.9 Å². The van der Waals surface area contributed by atoms with E-state index in [-0.39, 0.29) is 11.7 Å². The van der Waals surface area contributed by atoms with Crippen LogP contribution in [0.15, 0.2) is 23.5 Å². The van der Waals surface area contributed by atoms with Crippen LogP contribution in [0.25, 0.3) is 0 Å². The third-order valence-electron chi connectivity index (χ3n) is 2.65. The van der Waals surface area contributed by atoms with Crippen molar-refractivity contribution in [2.75, 3.05) is 7.11 Å². The Morgan fingerprint density at radius 2 is 2.00 bits per heavy atom. The van der Waals surface area contributed by atoms with Crippen LogP contribution >= 0.6 is 0 Å². The van der Waals surface area contributed by atoms with E-state index in [9.17, 15) is 9.59 Å². The molecule has 1 aliphatic rings. The molecule has 0 saturated carbocycles. The Bertz CT molecular complexity index is 404. The van der Waals surface area contributed by atoms with Crippen molar-refractivity contribution in [2.45, 2.75) is 33.3 Å². The van der Waals surface area contributed by atoms with Crippen LogP contribution in [0, 0.1) is 5.92 Å². The molecule has 0 heterocycles. The van der Waals surface area contributed by atoms with Crippen molar-refractivity contribution in [1.29, 1.82) is 0 Å². The van der Waals surface area contributed by atoms with Gasteiger partial charge in [0, 0.05) is 12.5 Å². The van der Waals surface area contributed by atoms with Crippen molar-refractivity contribution in [2.24, 2.45) is 5.92 Å². The molecule has 0 bridgehead atoms. The number of ether oxygens (including phenoxy) is 2. The molecule has 1 rings (SSSR count). The van der Waals surface area contributed by atoms with Gasteiger partial charge in [0.05, 0.1) is 7.11 Å². The monoisotopic (exact) mass is 238 g/mol. The van der Waals surface area contributed by atoms with Gasteiger partial charge < -0.3 is 9.47 Å². The normalized spacial score (nSPS) is 24.2. The van der Waals surface area contributed by atoms with Gasteiger partial charge in [-0.15, -0.1) is 0 Å². The second kappa shape index (κ2) is 4.73. The second-order valence-corrected chi connectivity index (χ2v) is 4.26. The van der Waals surface area contributed by atoms with E-state index in [0.717, 1.165) is 0 Å². The minimum atomic E-state index is -1.34. The first-order chi connectivity index (χ1) is 7.90. The molecule has 0 fully saturated rings. The highest BCUT2D eigenvalue weighted by Gasteiger charge is 2.57. The third kappa shape index (κ3) is 1.99. The van der Waals surface area contributed by atoms with Gasteiger partial charge in [0.1, 0.15) is 0 Å². The summed E-state index contributed by atoms with van der Waals surface area (Å²) in [5.41, 5.74) is -0.749. The van der Waals surface area contributed by atoms with Gasteiger partial charge in [0.2, 0.25) is 11.4 Å². The van der Waals surface area contributed by atoms with E-state index in [1.54, 1.807) is 19.1 Å². The summed E-state index contributed by atoms with van der Waals surface area (Å²) in [7, 11) is 1.48. The minimum Gasteiger partial charge on any atom is -0.496 e. The first-order valence-electron chi connectivity index (χ1n) is 5.57. The van der Waals surface area contributed by atoms with Crippen LogP contribution in [0.5, 0.6) is 0 Å². The molecule has 1 unspecified atom stereocenters. The van der Waals surface area contributed by atoms with Crippen molar-refractivity contribution in [3.63, 3.8) is 0 Å². The summed E-state index contributed by atoms with van der Waals surface area (Å²) >= 11 is 0. The third-order valence-corrected chi connectivity index (χ3v) is 2.65. The first-order valence-corrected chi connectivity index (χ1v) is 5.57. The van der Waals surface area contributed by atoms with Gasteiger partial charge in [-0.2, -0.15) is 0 Å².